The van der Waals surface area contributed by atoms with Gasteiger partial charge in [0.05, 0.1) is 11.3 Å². The van der Waals surface area contributed by atoms with Gasteiger partial charge in [0.2, 0.25) is 0 Å². The number of amides is 1. The molecule has 0 radical (unpaired) electrons. The summed E-state index contributed by atoms with van der Waals surface area (Å²) >= 11 is 1.43. The molecule has 1 aliphatic heterocycles. The summed E-state index contributed by atoms with van der Waals surface area (Å²) in [5, 5.41) is 16.3. The van der Waals surface area contributed by atoms with Crippen molar-refractivity contribution in [2.45, 2.75) is 25.8 Å². The molecule has 1 aliphatic rings. The molecule has 1 saturated heterocycles. The number of pyridine rings is 1. The molecule has 6 nitrogen and oxygen atoms in total. The SMILES string of the molecule is O=C(Nc1nc(CN2CCCCC2)cs1)c1cc[n+]([O-])cc1. The Hall–Kier alpha value is -1.99. The van der Waals surface area contributed by atoms with E-state index in [0.717, 1.165) is 25.3 Å². The molecule has 2 aromatic heterocycles. The highest BCUT2D eigenvalue weighted by Gasteiger charge is 2.14. The first-order valence-electron chi connectivity index (χ1n) is 7.38. The fourth-order valence-corrected chi connectivity index (χ4v) is 3.21. The van der Waals surface area contributed by atoms with Crippen molar-refractivity contribution in [3.63, 3.8) is 0 Å². The van der Waals surface area contributed by atoms with Gasteiger partial charge in [-0.1, -0.05) is 6.42 Å². The molecular weight excluding hydrogens is 300 g/mol. The van der Waals surface area contributed by atoms with Crippen LogP contribution in [0.15, 0.2) is 29.9 Å². The van der Waals surface area contributed by atoms with Crippen molar-refractivity contribution < 1.29 is 9.52 Å². The van der Waals surface area contributed by atoms with Gasteiger partial charge in [0.25, 0.3) is 5.91 Å². The van der Waals surface area contributed by atoms with E-state index in [0.29, 0.717) is 15.4 Å². The number of nitrogens with one attached hydrogen (secondary N) is 1. The number of thiazole rings is 1. The fraction of sp³-hybridized carbons (Fsp3) is 0.400. The number of nitrogens with zero attached hydrogens (tertiary/aromatic N) is 3. The second-order valence-electron chi connectivity index (χ2n) is 5.38. The zero-order valence-electron chi connectivity index (χ0n) is 12.2. The summed E-state index contributed by atoms with van der Waals surface area (Å²) in [5.74, 6) is -0.250. The summed E-state index contributed by atoms with van der Waals surface area (Å²) in [6.07, 6.45) is 6.43. The quantitative estimate of drug-likeness (QED) is 0.691. The summed E-state index contributed by atoms with van der Waals surface area (Å²) in [6.45, 7) is 3.09. The highest BCUT2D eigenvalue weighted by Crippen LogP contribution is 2.19. The summed E-state index contributed by atoms with van der Waals surface area (Å²) in [7, 11) is 0. The first-order valence-corrected chi connectivity index (χ1v) is 8.25. The zero-order chi connectivity index (χ0) is 15.4. The number of carbonyl (C=O) groups excluding carboxylic acids is 1. The zero-order valence-corrected chi connectivity index (χ0v) is 13.0. The second kappa shape index (κ2) is 6.85. The van der Waals surface area contributed by atoms with Crippen molar-refractivity contribution in [2.24, 2.45) is 0 Å². The number of anilines is 1. The number of hydrogen-bond donors (Lipinski definition) is 1. The number of aromatic nitrogens is 2. The summed E-state index contributed by atoms with van der Waals surface area (Å²) in [4.78, 5) is 18.9. The van der Waals surface area contributed by atoms with Crippen LogP contribution in [-0.2, 0) is 6.54 Å². The highest BCUT2D eigenvalue weighted by molar-refractivity contribution is 7.13. The van der Waals surface area contributed by atoms with Crippen molar-refractivity contribution in [3.8, 4) is 0 Å². The maximum absolute atomic E-state index is 12.1. The van der Waals surface area contributed by atoms with Crippen LogP contribution in [-0.4, -0.2) is 28.9 Å². The molecule has 0 aliphatic carbocycles. The van der Waals surface area contributed by atoms with Gasteiger partial charge in [-0.15, -0.1) is 11.3 Å². The highest BCUT2D eigenvalue weighted by atomic mass is 32.1. The smallest absolute Gasteiger partial charge is 0.257 e. The lowest BCUT2D eigenvalue weighted by molar-refractivity contribution is -0.605. The Morgan fingerprint density at radius 2 is 2.05 bits per heavy atom. The standard InChI is InChI=1S/C15H18N4O2S/c20-14(12-4-8-19(21)9-5-12)17-15-16-13(11-22-15)10-18-6-2-1-3-7-18/h4-5,8-9,11H,1-3,6-7,10H2,(H,16,17,20). The lowest BCUT2D eigenvalue weighted by atomic mass is 10.1. The first kappa shape index (κ1) is 14.9. The third-order valence-corrected chi connectivity index (χ3v) is 4.48. The molecule has 0 atom stereocenters. The molecule has 116 valence electrons. The third-order valence-electron chi connectivity index (χ3n) is 3.67. The monoisotopic (exact) mass is 318 g/mol. The van der Waals surface area contributed by atoms with Crippen LogP contribution in [0.3, 0.4) is 0 Å². The van der Waals surface area contributed by atoms with Crippen LogP contribution < -0.4 is 10.0 Å². The molecule has 0 aromatic carbocycles. The van der Waals surface area contributed by atoms with E-state index >= 15 is 0 Å². The third kappa shape index (κ3) is 3.80. The molecular formula is C15H18N4O2S. The lowest BCUT2D eigenvalue weighted by Crippen LogP contribution is -2.29. The Kier molecular flexibility index (Phi) is 4.65. The molecule has 3 rings (SSSR count). The molecule has 1 amide bonds. The molecule has 0 unspecified atom stereocenters. The number of rotatable bonds is 4. The maximum Gasteiger partial charge on any atom is 0.257 e. The Morgan fingerprint density at radius 1 is 1.32 bits per heavy atom. The van der Waals surface area contributed by atoms with E-state index in [1.165, 1.54) is 55.1 Å². The molecule has 2 aromatic rings. The van der Waals surface area contributed by atoms with Crippen LogP contribution in [0.1, 0.15) is 35.3 Å². The van der Waals surface area contributed by atoms with Crippen molar-refractivity contribution in [1.82, 2.24) is 9.88 Å². The Balaban J connectivity index is 1.58. The van der Waals surface area contributed by atoms with Gasteiger partial charge in [-0.25, -0.2) is 4.98 Å². The van der Waals surface area contributed by atoms with E-state index in [1.54, 1.807) is 0 Å². The summed E-state index contributed by atoms with van der Waals surface area (Å²) < 4.78 is 0.650. The van der Waals surface area contributed by atoms with Crippen molar-refractivity contribution in [3.05, 3.63) is 46.4 Å². The van der Waals surface area contributed by atoms with Crippen LogP contribution >= 0.6 is 11.3 Å². The largest absolute Gasteiger partial charge is 0.619 e. The number of hydrogen-bond acceptors (Lipinski definition) is 5. The van der Waals surface area contributed by atoms with Gasteiger partial charge in [-0.2, -0.15) is 4.73 Å². The molecule has 0 spiro atoms. The molecule has 7 heteroatoms. The number of likely N-dealkylation sites (tertiary alicyclic amines) is 1. The first-order chi connectivity index (χ1) is 10.7. The fourth-order valence-electron chi connectivity index (χ4n) is 2.52. The van der Waals surface area contributed by atoms with E-state index in [9.17, 15) is 10.0 Å². The average Bonchev–Trinajstić information content (AvgIpc) is 2.96. The number of carbonyl (C=O) groups is 1. The van der Waals surface area contributed by atoms with Crippen LogP contribution in [0.4, 0.5) is 5.13 Å². The minimum Gasteiger partial charge on any atom is -0.619 e. The van der Waals surface area contributed by atoms with Gasteiger partial charge in [-0.3, -0.25) is 15.0 Å². The van der Waals surface area contributed by atoms with E-state index in [2.05, 4.69) is 15.2 Å². The van der Waals surface area contributed by atoms with Gasteiger partial charge < -0.3 is 5.21 Å². The van der Waals surface area contributed by atoms with E-state index in [4.69, 9.17) is 0 Å². The second-order valence-corrected chi connectivity index (χ2v) is 6.24. The van der Waals surface area contributed by atoms with Crippen LogP contribution in [0, 0.1) is 5.21 Å². The van der Waals surface area contributed by atoms with Crippen molar-refractivity contribution >= 4 is 22.4 Å². The van der Waals surface area contributed by atoms with Crippen molar-refractivity contribution in [1.29, 1.82) is 0 Å². The van der Waals surface area contributed by atoms with Gasteiger partial charge in [0, 0.05) is 24.1 Å². The lowest BCUT2D eigenvalue weighted by Gasteiger charge is -2.25. The maximum atomic E-state index is 12.1. The predicted molar refractivity (Wildman–Crippen MR) is 84.6 cm³/mol. The number of piperidine rings is 1. The molecule has 1 N–H and O–H groups in total. The van der Waals surface area contributed by atoms with E-state index in [1.807, 2.05) is 5.38 Å². The summed E-state index contributed by atoms with van der Waals surface area (Å²) in [6, 6.07) is 2.98. The minimum atomic E-state index is -0.250. The van der Waals surface area contributed by atoms with Gasteiger partial charge >= 0.3 is 0 Å². The van der Waals surface area contributed by atoms with Gasteiger partial charge in [0.1, 0.15) is 0 Å². The average molecular weight is 318 g/mol. The molecule has 0 bridgehead atoms. The van der Waals surface area contributed by atoms with Crippen LogP contribution in [0.5, 0.6) is 0 Å². The Bertz CT molecular complexity index is 635. The topological polar surface area (TPSA) is 72.2 Å². The Morgan fingerprint density at radius 3 is 2.77 bits per heavy atom. The Labute approximate surface area is 133 Å². The predicted octanol–water partition coefficient (Wildman–Crippen LogP) is 2.01. The molecule has 0 saturated carbocycles. The van der Waals surface area contributed by atoms with E-state index in [-0.39, 0.29) is 5.91 Å². The minimum absolute atomic E-state index is 0.250. The normalized spacial score (nSPS) is 15.6. The van der Waals surface area contributed by atoms with E-state index < -0.39 is 0 Å². The molecule has 22 heavy (non-hydrogen) atoms. The molecule has 3 heterocycles. The van der Waals surface area contributed by atoms with Crippen LogP contribution in [0.2, 0.25) is 0 Å². The summed E-state index contributed by atoms with van der Waals surface area (Å²) in [5.41, 5.74) is 1.44. The van der Waals surface area contributed by atoms with Gasteiger partial charge in [0.15, 0.2) is 17.5 Å². The molecule has 1 fully saturated rings. The van der Waals surface area contributed by atoms with Gasteiger partial charge in [-0.05, 0) is 25.9 Å². The van der Waals surface area contributed by atoms with Crippen molar-refractivity contribution in [2.75, 3.05) is 18.4 Å². The van der Waals surface area contributed by atoms with Crippen LogP contribution in [0.25, 0.3) is 0 Å².